The van der Waals surface area contributed by atoms with E-state index in [-0.39, 0.29) is 5.78 Å². The lowest BCUT2D eigenvalue weighted by atomic mass is 9.70. The zero-order chi connectivity index (χ0) is 12.6. The smallest absolute Gasteiger partial charge is 0.171 e. The van der Waals surface area contributed by atoms with E-state index in [2.05, 4.69) is 4.98 Å². The van der Waals surface area contributed by atoms with Crippen LogP contribution in [0.15, 0.2) is 18.3 Å². The normalized spacial score (nSPS) is 12.6. The van der Waals surface area contributed by atoms with Gasteiger partial charge in [0.15, 0.2) is 5.78 Å². The molecule has 0 unspecified atom stereocenters. The van der Waals surface area contributed by atoms with E-state index in [4.69, 9.17) is 5.73 Å². The largest absolute Gasteiger partial charge is 0.325 e. The molecule has 1 heterocycles. The molecule has 1 aromatic heterocycles. The van der Waals surface area contributed by atoms with Crippen molar-refractivity contribution in [2.75, 3.05) is 0 Å². The van der Waals surface area contributed by atoms with Crippen LogP contribution < -0.4 is 5.73 Å². The number of carbonyl (C=O) groups is 1. The van der Waals surface area contributed by atoms with Gasteiger partial charge in [0.05, 0.1) is 0 Å². The molecule has 0 saturated heterocycles. The molecule has 0 bridgehead atoms. The number of rotatable bonds is 3. The van der Waals surface area contributed by atoms with E-state index in [1.54, 1.807) is 12.3 Å². The standard InChI is InChI=1S/C13H20N2O/c1-9-6-7-10(8-15-9)11(16)12(2,3)13(4,5)14/h6-8H,14H2,1-5H3. The predicted molar refractivity (Wildman–Crippen MR) is 65.4 cm³/mol. The minimum Gasteiger partial charge on any atom is -0.325 e. The summed E-state index contributed by atoms with van der Waals surface area (Å²) in [6.07, 6.45) is 1.62. The molecule has 0 spiro atoms. The number of hydrogen-bond donors (Lipinski definition) is 1. The number of carbonyl (C=O) groups excluding carboxylic acids is 1. The van der Waals surface area contributed by atoms with Crippen molar-refractivity contribution in [2.24, 2.45) is 11.1 Å². The number of nitrogens with zero attached hydrogens (tertiary/aromatic N) is 1. The summed E-state index contributed by atoms with van der Waals surface area (Å²) in [7, 11) is 0. The third-order valence-corrected chi connectivity index (χ3v) is 3.35. The van der Waals surface area contributed by atoms with Crippen molar-refractivity contribution in [3.63, 3.8) is 0 Å². The molecule has 0 saturated carbocycles. The fraction of sp³-hybridized carbons (Fsp3) is 0.538. The summed E-state index contributed by atoms with van der Waals surface area (Å²) in [5.41, 5.74) is 6.40. The van der Waals surface area contributed by atoms with Crippen molar-refractivity contribution in [3.8, 4) is 0 Å². The van der Waals surface area contributed by atoms with Crippen molar-refractivity contribution in [1.29, 1.82) is 0 Å². The Bertz CT molecular complexity index is 385. The third kappa shape index (κ3) is 2.30. The summed E-state index contributed by atoms with van der Waals surface area (Å²) in [6.45, 7) is 9.37. The van der Waals surface area contributed by atoms with Gasteiger partial charge in [0, 0.05) is 28.4 Å². The molecule has 3 heteroatoms. The summed E-state index contributed by atoms with van der Waals surface area (Å²) in [4.78, 5) is 16.4. The number of aryl methyl sites for hydroxylation is 1. The molecule has 88 valence electrons. The lowest BCUT2D eigenvalue weighted by molar-refractivity contribution is 0.0734. The Kier molecular flexibility index (Phi) is 3.20. The highest BCUT2D eigenvalue weighted by molar-refractivity contribution is 6.00. The second kappa shape index (κ2) is 3.98. The highest BCUT2D eigenvalue weighted by Gasteiger charge is 2.40. The number of aromatic nitrogens is 1. The van der Waals surface area contributed by atoms with Crippen LogP contribution in [0, 0.1) is 12.3 Å². The molecule has 1 aromatic rings. The fourth-order valence-electron chi connectivity index (χ4n) is 1.26. The van der Waals surface area contributed by atoms with Gasteiger partial charge in [-0.1, -0.05) is 13.8 Å². The topological polar surface area (TPSA) is 56.0 Å². The average molecular weight is 220 g/mol. The van der Waals surface area contributed by atoms with Crippen molar-refractivity contribution >= 4 is 5.78 Å². The number of Topliss-reactive ketones (excluding diaryl/α,β-unsaturated/α-hetero) is 1. The number of hydrogen-bond acceptors (Lipinski definition) is 3. The first-order chi connectivity index (χ1) is 7.16. The lowest BCUT2D eigenvalue weighted by Crippen LogP contribution is -2.51. The Morgan fingerprint density at radius 2 is 1.81 bits per heavy atom. The SMILES string of the molecule is Cc1ccc(C(=O)C(C)(C)C(C)(C)N)cn1. The van der Waals surface area contributed by atoms with Crippen molar-refractivity contribution in [2.45, 2.75) is 40.2 Å². The first kappa shape index (κ1) is 12.8. The quantitative estimate of drug-likeness (QED) is 0.795. The van der Waals surface area contributed by atoms with Gasteiger partial charge in [-0.15, -0.1) is 0 Å². The zero-order valence-electron chi connectivity index (χ0n) is 10.7. The van der Waals surface area contributed by atoms with E-state index in [0.29, 0.717) is 5.56 Å². The number of ketones is 1. The van der Waals surface area contributed by atoms with Gasteiger partial charge in [0.1, 0.15) is 0 Å². The molecule has 3 nitrogen and oxygen atoms in total. The second-order valence-corrected chi connectivity index (χ2v) is 5.36. The minimum absolute atomic E-state index is 0.0347. The van der Waals surface area contributed by atoms with Crippen LogP contribution in [0.2, 0.25) is 0 Å². The number of pyridine rings is 1. The molecule has 16 heavy (non-hydrogen) atoms. The molecule has 0 aromatic carbocycles. The van der Waals surface area contributed by atoms with Crippen LogP contribution in [0.25, 0.3) is 0 Å². The van der Waals surface area contributed by atoms with Gasteiger partial charge in [-0.25, -0.2) is 0 Å². The maximum Gasteiger partial charge on any atom is 0.171 e. The third-order valence-electron chi connectivity index (χ3n) is 3.35. The highest BCUT2D eigenvalue weighted by atomic mass is 16.1. The van der Waals surface area contributed by atoms with Gasteiger partial charge >= 0.3 is 0 Å². The molecule has 0 aliphatic carbocycles. The molecule has 0 radical (unpaired) electrons. The van der Waals surface area contributed by atoms with Crippen LogP contribution in [0.4, 0.5) is 0 Å². The monoisotopic (exact) mass is 220 g/mol. The van der Waals surface area contributed by atoms with Gasteiger partial charge < -0.3 is 5.73 Å². The van der Waals surface area contributed by atoms with Gasteiger partial charge in [0.2, 0.25) is 0 Å². The summed E-state index contributed by atoms with van der Waals surface area (Å²) in [5.74, 6) is 0.0347. The molecule has 1 rings (SSSR count). The first-order valence-electron chi connectivity index (χ1n) is 5.42. The molecular formula is C13H20N2O. The van der Waals surface area contributed by atoms with E-state index in [1.165, 1.54) is 0 Å². The maximum atomic E-state index is 12.3. The van der Waals surface area contributed by atoms with Crippen LogP contribution in [-0.4, -0.2) is 16.3 Å². The van der Waals surface area contributed by atoms with E-state index in [1.807, 2.05) is 40.7 Å². The van der Waals surface area contributed by atoms with Crippen molar-refractivity contribution in [3.05, 3.63) is 29.6 Å². The summed E-state index contributed by atoms with van der Waals surface area (Å²) in [6, 6.07) is 3.64. The second-order valence-electron chi connectivity index (χ2n) is 5.36. The Morgan fingerprint density at radius 3 is 2.19 bits per heavy atom. The summed E-state index contributed by atoms with van der Waals surface area (Å²) < 4.78 is 0. The summed E-state index contributed by atoms with van der Waals surface area (Å²) >= 11 is 0. The molecule has 0 aliphatic heterocycles. The molecule has 0 amide bonds. The first-order valence-corrected chi connectivity index (χ1v) is 5.42. The number of nitrogens with two attached hydrogens (primary N) is 1. The van der Waals surface area contributed by atoms with Crippen molar-refractivity contribution in [1.82, 2.24) is 4.98 Å². The van der Waals surface area contributed by atoms with E-state index in [0.717, 1.165) is 5.69 Å². The average Bonchev–Trinajstić information content (AvgIpc) is 2.16. The molecule has 0 fully saturated rings. The molecule has 2 N–H and O–H groups in total. The van der Waals surface area contributed by atoms with E-state index >= 15 is 0 Å². The van der Waals surface area contributed by atoms with E-state index < -0.39 is 11.0 Å². The molecule has 0 atom stereocenters. The maximum absolute atomic E-state index is 12.3. The van der Waals surface area contributed by atoms with Gasteiger partial charge in [-0.3, -0.25) is 9.78 Å². The van der Waals surface area contributed by atoms with Crippen LogP contribution in [0.5, 0.6) is 0 Å². The Morgan fingerprint density at radius 1 is 1.25 bits per heavy atom. The predicted octanol–water partition coefficient (Wildman–Crippen LogP) is 2.34. The van der Waals surface area contributed by atoms with Gasteiger partial charge in [-0.2, -0.15) is 0 Å². The van der Waals surface area contributed by atoms with Crippen LogP contribution in [0.1, 0.15) is 43.7 Å². The minimum atomic E-state index is -0.607. The molecule has 0 aliphatic rings. The highest BCUT2D eigenvalue weighted by Crippen LogP contribution is 2.32. The van der Waals surface area contributed by atoms with Crippen LogP contribution in [-0.2, 0) is 0 Å². The Balaban J connectivity index is 3.07. The van der Waals surface area contributed by atoms with Crippen LogP contribution in [0.3, 0.4) is 0 Å². The zero-order valence-corrected chi connectivity index (χ0v) is 10.7. The summed E-state index contributed by atoms with van der Waals surface area (Å²) in [5, 5.41) is 0. The van der Waals surface area contributed by atoms with Gasteiger partial charge in [-0.05, 0) is 32.9 Å². The van der Waals surface area contributed by atoms with E-state index in [9.17, 15) is 4.79 Å². The van der Waals surface area contributed by atoms with Gasteiger partial charge in [0.25, 0.3) is 0 Å². The lowest BCUT2D eigenvalue weighted by Gasteiger charge is -2.37. The molecular weight excluding hydrogens is 200 g/mol. The van der Waals surface area contributed by atoms with Crippen molar-refractivity contribution < 1.29 is 4.79 Å². The Hall–Kier alpha value is -1.22. The fourth-order valence-corrected chi connectivity index (χ4v) is 1.26. The van der Waals surface area contributed by atoms with Crippen LogP contribution >= 0.6 is 0 Å². The Labute approximate surface area is 97.1 Å².